The van der Waals surface area contributed by atoms with Crippen LogP contribution in [0.1, 0.15) is 57.5 Å². The molecule has 7 nitrogen and oxygen atoms in total. The van der Waals surface area contributed by atoms with Crippen molar-refractivity contribution < 1.29 is 19.1 Å². The van der Waals surface area contributed by atoms with Gasteiger partial charge in [-0.15, -0.1) is 0 Å². The molecule has 2 aliphatic rings. The molecule has 2 amide bonds. The Morgan fingerprint density at radius 3 is 2.32 bits per heavy atom. The number of hydrogen-bond acceptors (Lipinski definition) is 6. The van der Waals surface area contributed by atoms with Gasteiger partial charge in [0.25, 0.3) is 11.8 Å². The number of ether oxygens (including phenoxy) is 2. The van der Waals surface area contributed by atoms with E-state index in [1.165, 1.54) is 16.9 Å². The van der Waals surface area contributed by atoms with Crippen molar-refractivity contribution in [1.82, 2.24) is 10.2 Å². The third kappa shape index (κ3) is 5.18. The van der Waals surface area contributed by atoms with Crippen molar-refractivity contribution in [3.63, 3.8) is 0 Å². The van der Waals surface area contributed by atoms with E-state index in [0.717, 1.165) is 37.1 Å². The smallest absolute Gasteiger partial charge is 0.263 e. The number of nitrogens with zero attached hydrogens (tertiary/aromatic N) is 1. The topological polar surface area (TPSA) is 79.9 Å². The van der Waals surface area contributed by atoms with Gasteiger partial charge in [-0.25, -0.2) is 0 Å². The predicted octanol–water partition coefficient (Wildman–Crippen LogP) is 5.01. The number of carbonyl (C=O) groups excluding carboxylic acids is 2. The highest BCUT2D eigenvalue weighted by Gasteiger charge is 2.38. The first-order valence-electron chi connectivity index (χ1n) is 12.8. The summed E-state index contributed by atoms with van der Waals surface area (Å²) < 4.78 is 10.7. The molecule has 0 aromatic heterocycles. The Morgan fingerprint density at radius 2 is 1.57 bits per heavy atom. The molecule has 2 N–H and O–H groups in total. The Kier molecular flexibility index (Phi) is 7.42. The number of carbonyl (C=O) groups is 2. The zero-order chi connectivity index (χ0) is 25.8. The summed E-state index contributed by atoms with van der Waals surface area (Å²) in [4.78, 5) is 28.1. The number of methoxy groups -OCH3 is 2. The maximum atomic E-state index is 13.5. The second-order valence-electron chi connectivity index (χ2n) is 9.62. The summed E-state index contributed by atoms with van der Waals surface area (Å²) in [6.07, 6.45) is 4.38. The molecule has 1 unspecified atom stereocenters. The average Bonchev–Trinajstić information content (AvgIpc) is 3.18. The standard InChI is InChI=1S/C30H33N3O4/c1-36-26-16-15-21(17-27(26)37-2)19-33-29(34)22-11-8-14-25(28(22)30(33)35)32-24-13-7-6-12-23(24)31-18-20-9-4-3-5-10-20/h3-5,8-11,14-17,23-24,31-32H,6-7,12-13,18-19H2,1-2H3/t23-,24?/m1/s1. The van der Waals surface area contributed by atoms with Crippen LogP contribution in [0.4, 0.5) is 5.69 Å². The molecule has 1 fully saturated rings. The Balaban J connectivity index is 1.33. The van der Waals surface area contributed by atoms with Crippen molar-refractivity contribution in [1.29, 1.82) is 0 Å². The summed E-state index contributed by atoms with van der Waals surface area (Å²) >= 11 is 0. The van der Waals surface area contributed by atoms with Crippen molar-refractivity contribution >= 4 is 17.5 Å². The molecule has 3 aromatic rings. The van der Waals surface area contributed by atoms with E-state index >= 15 is 0 Å². The van der Waals surface area contributed by atoms with Gasteiger partial charge >= 0.3 is 0 Å². The monoisotopic (exact) mass is 499 g/mol. The first-order chi connectivity index (χ1) is 18.1. The Hall–Kier alpha value is -3.84. The number of nitrogens with one attached hydrogen (secondary N) is 2. The van der Waals surface area contributed by atoms with Crippen LogP contribution in [0, 0.1) is 0 Å². The van der Waals surface area contributed by atoms with Crippen molar-refractivity contribution in [3.05, 3.63) is 89.0 Å². The molecule has 1 saturated carbocycles. The number of rotatable bonds is 9. The predicted molar refractivity (Wildman–Crippen MR) is 143 cm³/mol. The molecule has 1 aliphatic carbocycles. The molecule has 1 aliphatic heterocycles. The van der Waals surface area contributed by atoms with Crippen LogP contribution in [0.3, 0.4) is 0 Å². The van der Waals surface area contributed by atoms with Gasteiger partial charge in [0.05, 0.1) is 31.9 Å². The number of fused-ring (bicyclic) bond motifs is 1. The number of amides is 2. The second-order valence-corrected chi connectivity index (χ2v) is 9.62. The summed E-state index contributed by atoms with van der Waals surface area (Å²) in [5.74, 6) is 0.608. The highest BCUT2D eigenvalue weighted by Crippen LogP contribution is 2.34. The van der Waals surface area contributed by atoms with Gasteiger partial charge in [0.2, 0.25) is 0 Å². The first-order valence-corrected chi connectivity index (χ1v) is 12.8. The lowest BCUT2D eigenvalue weighted by Gasteiger charge is -2.34. The Bertz CT molecular complexity index is 1280. The second kappa shape index (κ2) is 11.0. The summed E-state index contributed by atoms with van der Waals surface area (Å²) in [6.45, 7) is 0.962. The van der Waals surface area contributed by atoms with Gasteiger partial charge in [0.1, 0.15) is 0 Å². The van der Waals surface area contributed by atoms with Crippen LogP contribution in [0.5, 0.6) is 11.5 Å². The molecule has 0 saturated heterocycles. The fraction of sp³-hybridized carbons (Fsp3) is 0.333. The Labute approximate surface area is 217 Å². The van der Waals surface area contributed by atoms with Gasteiger partial charge in [-0.2, -0.15) is 0 Å². The largest absolute Gasteiger partial charge is 0.493 e. The highest BCUT2D eigenvalue weighted by atomic mass is 16.5. The zero-order valence-corrected chi connectivity index (χ0v) is 21.3. The molecule has 2 atom stereocenters. The third-order valence-electron chi connectivity index (χ3n) is 7.31. The lowest BCUT2D eigenvalue weighted by Crippen LogP contribution is -2.46. The molecule has 1 heterocycles. The maximum Gasteiger partial charge on any atom is 0.263 e. The van der Waals surface area contributed by atoms with E-state index in [4.69, 9.17) is 9.47 Å². The van der Waals surface area contributed by atoms with Crippen molar-refractivity contribution in [3.8, 4) is 11.5 Å². The van der Waals surface area contributed by atoms with Crippen LogP contribution in [-0.2, 0) is 13.1 Å². The third-order valence-corrected chi connectivity index (χ3v) is 7.31. The van der Waals surface area contributed by atoms with E-state index < -0.39 is 0 Å². The lowest BCUT2D eigenvalue weighted by atomic mass is 9.89. The number of imide groups is 1. The minimum absolute atomic E-state index is 0.164. The quantitative estimate of drug-likeness (QED) is 0.403. The van der Waals surface area contributed by atoms with Crippen molar-refractivity contribution in [2.75, 3.05) is 19.5 Å². The van der Waals surface area contributed by atoms with Gasteiger partial charge in [0, 0.05) is 24.3 Å². The van der Waals surface area contributed by atoms with E-state index in [9.17, 15) is 9.59 Å². The van der Waals surface area contributed by atoms with Crippen molar-refractivity contribution in [2.24, 2.45) is 0 Å². The van der Waals surface area contributed by atoms with E-state index in [1.54, 1.807) is 32.4 Å². The molecular weight excluding hydrogens is 466 g/mol. The van der Waals surface area contributed by atoms with Crippen molar-refractivity contribution in [2.45, 2.75) is 50.9 Å². The summed E-state index contributed by atoms with van der Waals surface area (Å²) in [5.41, 5.74) is 3.67. The summed E-state index contributed by atoms with van der Waals surface area (Å²) in [5, 5.41) is 7.35. The van der Waals surface area contributed by atoms with Crippen LogP contribution < -0.4 is 20.1 Å². The number of anilines is 1. The van der Waals surface area contributed by atoms with Crippen LogP contribution in [-0.4, -0.2) is 43.0 Å². The molecular formula is C30H33N3O4. The van der Waals surface area contributed by atoms with Crippen LogP contribution in [0.2, 0.25) is 0 Å². The maximum absolute atomic E-state index is 13.5. The van der Waals surface area contributed by atoms with Gasteiger partial charge in [-0.05, 0) is 48.2 Å². The van der Waals surface area contributed by atoms with Crippen LogP contribution in [0.15, 0.2) is 66.7 Å². The fourth-order valence-electron chi connectivity index (χ4n) is 5.35. The number of benzene rings is 3. The van der Waals surface area contributed by atoms with Gasteiger partial charge in [-0.3, -0.25) is 14.5 Å². The van der Waals surface area contributed by atoms with Gasteiger partial charge < -0.3 is 20.1 Å². The molecule has 7 heteroatoms. The SMILES string of the molecule is COc1ccc(CN2C(=O)c3cccc(NC4CCCC[C@H]4NCc4ccccc4)c3C2=O)cc1OC. The van der Waals surface area contributed by atoms with Gasteiger partial charge in [0.15, 0.2) is 11.5 Å². The summed E-state index contributed by atoms with van der Waals surface area (Å²) in [6, 6.07) is 21.7. The minimum atomic E-state index is -0.277. The molecule has 5 rings (SSSR count). The molecule has 0 bridgehead atoms. The Morgan fingerprint density at radius 1 is 0.811 bits per heavy atom. The molecule has 0 radical (unpaired) electrons. The molecule has 3 aromatic carbocycles. The van der Waals surface area contributed by atoms with Crippen LogP contribution in [0.25, 0.3) is 0 Å². The fourth-order valence-corrected chi connectivity index (χ4v) is 5.35. The van der Waals surface area contributed by atoms with E-state index in [1.807, 2.05) is 24.3 Å². The minimum Gasteiger partial charge on any atom is -0.493 e. The van der Waals surface area contributed by atoms with E-state index in [2.05, 4.69) is 34.9 Å². The molecule has 37 heavy (non-hydrogen) atoms. The molecule has 0 spiro atoms. The van der Waals surface area contributed by atoms with E-state index in [-0.39, 0.29) is 30.4 Å². The van der Waals surface area contributed by atoms with Crippen LogP contribution >= 0.6 is 0 Å². The van der Waals surface area contributed by atoms with Gasteiger partial charge in [-0.1, -0.05) is 55.3 Å². The number of hydrogen-bond donors (Lipinski definition) is 2. The average molecular weight is 500 g/mol. The normalized spacial score (nSPS) is 19.0. The molecule has 192 valence electrons. The first kappa shape index (κ1) is 24.8. The highest BCUT2D eigenvalue weighted by molar-refractivity contribution is 6.23. The zero-order valence-electron chi connectivity index (χ0n) is 21.3. The van der Waals surface area contributed by atoms with E-state index in [0.29, 0.717) is 22.6 Å². The lowest BCUT2D eigenvalue weighted by molar-refractivity contribution is 0.0642. The summed E-state index contributed by atoms with van der Waals surface area (Å²) in [7, 11) is 3.14.